The molecule has 1 aliphatic heterocycles. The average molecular weight is 483 g/mol. The van der Waals surface area contributed by atoms with Crippen molar-refractivity contribution in [2.45, 2.75) is 12.8 Å². The van der Waals surface area contributed by atoms with E-state index >= 15 is 0 Å². The molecule has 0 unspecified atom stereocenters. The number of hydrogen-bond donors (Lipinski definition) is 3. The average Bonchev–Trinajstić information content (AvgIpc) is 3.07. The first kappa shape index (κ1) is 21.5. The van der Waals surface area contributed by atoms with E-state index in [9.17, 15) is 14.4 Å². The maximum absolute atomic E-state index is 12.4. The topological polar surface area (TPSA) is 107 Å². The molecule has 0 aliphatic carbocycles. The van der Waals surface area contributed by atoms with Gasteiger partial charge < -0.3 is 15.5 Å². The highest BCUT2D eigenvalue weighted by molar-refractivity contribution is 9.10. The van der Waals surface area contributed by atoms with Gasteiger partial charge in [-0.1, -0.05) is 23.7 Å². The molecule has 0 radical (unpaired) electrons. The molecule has 2 heterocycles. The maximum atomic E-state index is 12.4. The van der Waals surface area contributed by atoms with Gasteiger partial charge in [0.1, 0.15) is 5.69 Å². The number of aromatic nitrogens is 2. The number of carbonyl (C=O) groups excluding carboxylic acids is 3. The largest absolute Gasteiger partial charge is 0.344 e. The fourth-order valence-electron chi connectivity index (χ4n) is 3.11. The Morgan fingerprint density at radius 2 is 1.93 bits per heavy atom. The number of nitrogens with one attached hydrogen (secondary N) is 3. The molecule has 0 atom stereocenters. The molecule has 1 saturated heterocycles. The first-order valence-corrected chi connectivity index (χ1v) is 10.3. The van der Waals surface area contributed by atoms with Gasteiger partial charge >= 0.3 is 0 Å². The van der Waals surface area contributed by atoms with E-state index in [0.717, 1.165) is 25.9 Å². The van der Waals surface area contributed by atoms with Crippen molar-refractivity contribution in [2.75, 3.05) is 32.0 Å². The second-order valence-corrected chi connectivity index (χ2v) is 8.12. The highest BCUT2D eigenvalue weighted by Gasteiger charge is 2.25. The van der Waals surface area contributed by atoms with E-state index in [1.807, 2.05) is 7.05 Å². The summed E-state index contributed by atoms with van der Waals surface area (Å²) in [6.45, 7) is 1.72. The van der Waals surface area contributed by atoms with Crippen LogP contribution in [0, 0.1) is 5.92 Å². The van der Waals surface area contributed by atoms with Crippen molar-refractivity contribution in [2.24, 2.45) is 5.92 Å². The van der Waals surface area contributed by atoms with Crippen LogP contribution in [0.3, 0.4) is 0 Å². The number of aromatic amines is 1. The number of nitrogens with zero attached hydrogens (tertiary/aromatic N) is 2. The van der Waals surface area contributed by atoms with E-state index in [2.05, 4.69) is 41.7 Å². The molecule has 1 aliphatic rings. The van der Waals surface area contributed by atoms with Crippen molar-refractivity contribution < 1.29 is 14.4 Å². The predicted octanol–water partition coefficient (Wildman–Crippen LogP) is 2.72. The number of H-pyrrole nitrogens is 1. The number of piperidine rings is 1. The van der Waals surface area contributed by atoms with Crippen LogP contribution < -0.4 is 10.6 Å². The summed E-state index contributed by atoms with van der Waals surface area (Å²) in [5.41, 5.74) is 0.412. The van der Waals surface area contributed by atoms with Crippen LogP contribution in [0.15, 0.2) is 28.7 Å². The molecular weight excluding hydrogens is 462 g/mol. The van der Waals surface area contributed by atoms with E-state index in [4.69, 9.17) is 11.6 Å². The smallest absolute Gasteiger partial charge is 0.270 e. The van der Waals surface area contributed by atoms with Crippen molar-refractivity contribution in [3.63, 3.8) is 0 Å². The zero-order chi connectivity index (χ0) is 21.0. The van der Waals surface area contributed by atoms with Gasteiger partial charge in [0.2, 0.25) is 0 Å². The van der Waals surface area contributed by atoms with Crippen molar-refractivity contribution in [3.05, 3.63) is 45.0 Å². The van der Waals surface area contributed by atoms with Gasteiger partial charge in [-0.3, -0.25) is 19.5 Å². The molecule has 1 aromatic heterocycles. The van der Waals surface area contributed by atoms with E-state index in [1.165, 1.54) is 0 Å². The Kier molecular flexibility index (Phi) is 7.05. The van der Waals surface area contributed by atoms with E-state index in [-0.39, 0.29) is 29.8 Å². The summed E-state index contributed by atoms with van der Waals surface area (Å²) in [6, 6.07) is 6.61. The molecule has 154 valence electrons. The minimum absolute atomic E-state index is 0.0225. The second kappa shape index (κ2) is 9.51. The summed E-state index contributed by atoms with van der Waals surface area (Å²) in [5, 5.41) is 12.1. The normalized spacial score (nSPS) is 15.1. The van der Waals surface area contributed by atoms with Crippen LogP contribution in [0.25, 0.3) is 0 Å². The quantitative estimate of drug-likeness (QED) is 0.587. The summed E-state index contributed by atoms with van der Waals surface area (Å²) in [4.78, 5) is 39.3. The predicted molar refractivity (Wildman–Crippen MR) is 113 cm³/mol. The first-order valence-electron chi connectivity index (χ1n) is 9.16. The van der Waals surface area contributed by atoms with E-state index in [1.54, 1.807) is 24.3 Å². The number of Topliss-reactive ketones (excluding diaryl/α,β-unsaturated/α-hetero) is 1. The molecule has 0 bridgehead atoms. The Bertz CT molecular complexity index is 924. The number of hydrogen-bond acceptors (Lipinski definition) is 5. The fourth-order valence-corrected chi connectivity index (χ4v) is 3.79. The molecule has 3 N–H and O–H groups in total. The third kappa shape index (κ3) is 5.23. The van der Waals surface area contributed by atoms with Gasteiger partial charge in [-0.05, 0) is 61.0 Å². The summed E-state index contributed by atoms with van der Waals surface area (Å²) in [5.74, 6) is -0.783. The summed E-state index contributed by atoms with van der Waals surface area (Å²) in [7, 11) is 2.03. The zero-order valence-corrected chi connectivity index (χ0v) is 18.1. The second-order valence-electron chi connectivity index (χ2n) is 6.92. The number of rotatable bonds is 6. The molecule has 1 aromatic carbocycles. The van der Waals surface area contributed by atoms with Crippen molar-refractivity contribution in [1.29, 1.82) is 0 Å². The van der Waals surface area contributed by atoms with Gasteiger partial charge in [0, 0.05) is 5.92 Å². The van der Waals surface area contributed by atoms with Crippen LogP contribution in [-0.4, -0.2) is 59.4 Å². The highest BCUT2D eigenvalue weighted by atomic mass is 79.9. The lowest BCUT2D eigenvalue weighted by atomic mass is 9.93. The molecule has 29 heavy (non-hydrogen) atoms. The first-order chi connectivity index (χ1) is 13.9. The molecule has 0 spiro atoms. The van der Waals surface area contributed by atoms with Crippen LogP contribution >= 0.6 is 27.5 Å². The lowest BCUT2D eigenvalue weighted by molar-refractivity contribution is -0.123. The number of ketones is 1. The molecule has 1 fully saturated rings. The van der Waals surface area contributed by atoms with Gasteiger partial charge in [0.25, 0.3) is 11.8 Å². The van der Waals surface area contributed by atoms with Crippen LogP contribution in [0.1, 0.15) is 33.7 Å². The number of anilines is 1. The van der Waals surface area contributed by atoms with Gasteiger partial charge in [0.05, 0.1) is 21.6 Å². The highest BCUT2D eigenvalue weighted by Crippen LogP contribution is 2.25. The van der Waals surface area contributed by atoms with Crippen LogP contribution in [0.4, 0.5) is 5.82 Å². The van der Waals surface area contributed by atoms with E-state index < -0.39 is 11.8 Å². The minimum atomic E-state index is -0.483. The van der Waals surface area contributed by atoms with Crippen molar-refractivity contribution >= 4 is 50.9 Å². The molecule has 2 aromatic rings. The Labute approximate surface area is 181 Å². The number of amides is 2. The monoisotopic (exact) mass is 481 g/mol. The standard InChI is InChI=1S/C19H21BrClN5O3/c1-26-8-6-11(7-9-26)14(27)10-22-19(29)16-15(20)17(25-24-16)23-18(28)12-4-2-3-5-13(12)21/h2-5,11H,6-10H2,1H3,(H,22,29)(H2,23,24,25,28). The van der Waals surface area contributed by atoms with Crippen molar-refractivity contribution in [1.82, 2.24) is 20.4 Å². The molecule has 8 nitrogen and oxygen atoms in total. The van der Waals surface area contributed by atoms with Crippen LogP contribution in [-0.2, 0) is 4.79 Å². The maximum Gasteiger partial charge on any atom is 0.270 e. The third-order valence-electron chi connectivity index (χ3n) is 4.88. The molecular formula is C19H21BrClN5O3. The molecule has 10 heteroatoms. The number of likely N-dealkylation sites (tertiary alicyclic amines) is 1. The molecule has 2 amide bonds. The van der Waals surface area contributed by atoms with Gasteiger partial charge in [-0.25, -0.2) is 0 Å². The van der Waals surface area contributed by atoms with Gasteiger partial charge in [-0.2, -0.15) is 5.10 Å². The van der Waals surface area contributed by atoms with Gasteiger partial charge in [0.15, 0.2) is 11.6 Å². The Hall–Kier alpha value is -2.23. The zero-order valence-electron chi connectivity index (χ0n) is 15.8. The summed E-state index contributed by atoms with van der Waals surface area (Å²) < 4.78 is 0.294. The SMILES string of the molecule is CN1CCC(C(=O)CNC(=O)c2[nH]nc(NC(=O)c3ccccc3Cl)c2Br)CC1. The fraction of sp³-hybridized carbons (Fsp3) is 0.368. The van der Waals surface area contributed by atoms with Crippen LogP contribution in [0.5, 0.6) is 0 Å². The number of halogens is 2. The Balaban J connectivity index is 1.58. The summed E-state index contributed by atoms with van der Waals surface area (Å²) in [6.07, 6.45) is 1.61. The Morgan fingerprint density at radius 3 is 2.62 bits per heavy atom. The summed E-state index contributed by atoms with van der Waals surface area (Å²) >= 11 is 9.29. The Morgan fingerprint density at radius 1 is 1.24 bits per heavy atom. The van der Waals surface area contributed by atoms with Gasteiger partial charge in [-0.15, -0.1) is 0 Å². The lowest BCUT2D eigenvalue weighted by Gasteiger charge is -2.27. The van der Waals surface area contributed by atoms with Crippen molar-refractivity contribution in [3.8, 4) is 0 Å². The number of benzene rings is 1. The molecule has 3 rings (SSSR count). The molecule has 0 saturated carbocycles. The van der Waals surface area contributed by atoms with Crippen LogP contribution in [0.2, 0.25) is 5.02 Å². The third-order valence-corrected chi connectivity index (χ3v) is 5.98. The van der Waals surface area contributed by atoms with E-state index in [0.29, 0.717) is 15.1 Å². The minimum Gasteiger partial charge on any atom is -0.344 e. The lowest BCUT2D eigenvalue weighted by Crippen LogP contribution is -2.38. The number of carbonyl (C=O) groups is 3.